The molecule has 0 aliphatic carbocycles. The van der Waals surface area contributed by atoms with Crippen molar-refractivity contribution >= 4 is 17.2 Å². The Bertz CT molecular complexity index is 1560. The van der Waals surface area contributed by atoms with Crippen molar-refractivity contribution in [2.24, 2.45) is 0 Å². The lowest BCUT2D eigenvalue weighted by atomic mass is 10.1. The van der Waals surface area contributed by atoms with Gasteiger partial charge in [0.25, 0.3) is 5.89 Å². The first kappa shape index (κ1) is 23.2. The molecule has 0 atom stereocenters. The van der Waals surface area contributed by atoms with Gasteiger partial charge in [-0.05, 0) is 49.6 Å². The van der Waals surface area contributed by atoms with Crippen molar-refractivity contribution in [3.8, 4) is 22.8 Å². The standard InChI is InChI=1S/C27H26N6O3/c1-3-4-6-19-10-14-21(15-11-19)28-23(34)17-33-27(35)32-16-5-7-22(25(32)30-33)26-29-24(31-36-26)20-12-8-18(2)9-13-20/h5,7-16H,3-4,6,17H2,1-2H3,(H,28,34). The Hall–Kier alpha value is -4.53. The summed E-state index contributed by atoms with van der Waals surface area (Å²) in [6.07, 6.45) is 4.86. The Morgan fingerprint density at radius 2 is 1.83 bits per heavy atom. The van der Waals surface area contributed by atoms with E-state index in [0.29, 0.717) is 22.7 Å². The maximum atomic E-state index is 12.9. The van der Waals surface area contributed by atoms with Crippen LogP contribution in [0.5, 0.6) is 0 Å². The second-order valence-electron chi connectivity index (χ2n) is 8.69. The molecule has 0 spiro atoms. The number of carbonyl (C=O) groups is 1. The number of amides is 1. The third kappa shape index (κ3) is 4.81. The maximum Gasteiger partial charge on any atom is 0.350 e. The molecule has 0 unspecified atom stereocenters. The van der Waals surface area contributed by atoms with Crippen molar-refractivity contribution in [1.29, 1.82) is 0 Å². The van der Waals surface area contributed by atoms with E-state index in [1.165, 1.54) is 9.96 Å². The quantitative estimate of drug-likeness (QED) is 0.349. The number of nitrogens with zero attached hydrogens (tertiary/aromatic N) is 5. The van der Waals surface area contributed by atoms with Crippen LogP contribution in [0.3, 0.4) is 0 Å². The van der Waals surface area contributed by atoms with E-state index in [1.807, 2.05) is 55.5 Å². The minimum absolute atomic E-state index is 0.226. The van der Waals surface area contributed by atoms with Gasteiger partial charge in [0.2, 0.25) is 11.7 Å². The SMILES string of the molecule is CCCCc1ccc(NC(=O)Cn2nc3c(-c4nc(-c5ccc(C)cc5)no4)cccn3c2=O)cc1. The zero-order valence-corrected chi connectivity index (χ0v) is 20.1. The van der Waals surface area contributed by atoms with Crippen molar-refractivity contribution in [3.63, 3.8) is 0 Å². The highest BCUT2D eigenvalue weighted by molar-refractivity contribution is 5.90. The lowest BCUT2D eigenvalue weighted by Crippen LogP contribution is -2.28. The number of rotatable bonds is 8. The van der Waals surface area contributed by atoms with Crippen molar-refractivity contribution in [1.82, 2.24) is 24.3 Å². The zero-order chi connectivity index (χ0) is 25.1. The van der Waals surface area contributed by atoms with Gasteiger partial charge in [-0.1, -0.05) is 60.5 Å². The smallest absolute Gasteiger partial charge is 0.333 e. The lowest BCUT2D eigenvalue weighted by molar-refractivity contribution is -0.117. The molecule has 0 fully saturated rings. The fourth-order valence-corrected chi connectivity index (χ4v) is 3.93. The van der Waals surface area contributed by atoms with Crippen LogP contribution < -0.4 is 11.0 Å². The highest BCUT2D eigenvalue weighted by Gasteiger charge is 2.18. The van der Waals surface area contributed by atoms with Gasteiger partial charge in [-0.3, -0.25) is 4.79 Å². The number of carbonyl (C=O) groups excluding carboxylic acids is 1. The molecule has 5 rings (SSSR count). The van der Waals surface area contributed by atoms with Crippen LogP contribution in [0.1, 0.15) is 30.9 Å². The third-order valence-corrected chi connectivity index (χ3v) is 5.93. The van der Waals surface area contributed by atoms with Gasteiger partial charge in [-0.15, -0.1) is 5.10 Å². The molecule has 5 aromatic rings. The fourth-order valence-electron chi connectivity index (χ4n) is 3.93. The number of anilines is 1. The first-order valence-corrected chi connectivity index (χ1v) is 11.9. The number of hydrogen-bond donors (Lipinski definition) is 1. The molecule has 1 N–H and O–H groups in total. The van der Waals surface area contributed by atoms with Gasteiger partial charge in [0.15, 0.2) is 5.65 Å². The topological polar surface area (TPSA) is 107 Å². The van der Waals surface area contributed by atoms with Crippen molar-refractivity contribution < 1.29 is 9.32 Å². The average molecular weight is 483 g/mol. The van der Waals surface area contributed by atoms with Gasteiger partial charge in [-0.25, -0.2) is 13.9 Å². The summed E-state index contributed by atoms with van der Waals surface area (Å²) in [7, 11) is 0. The van der Waals surface area contributed by atoms with Crippen molar-refractivity contribution in [2.75, 3.05) is 5.32 Å². The summed E-state index contributed by atoms with van der Waals surface area (Å²) in [6.45, 7) is 3.93. The van der Waals surface area contributed by atoms with E-state index < -0.39 is 5.69 Å². The summed E-state index contributed by atoms with van der Waals surface area (Å²) >= 11 is 0. The van der Waals surface area contributed by atoms with Crippen LogP contribution >= 0.6 is 0 Å². The highest BCUT2D eigenvalue weighted by Crippen LogP contribution is 2.24. The number of aromatic nitrogens is 5. The summed E-state index contributed by atoms with van der Waals surface area (Å²) < 4.78 is 7.97. The van der Waals surface area contributed by atoms with Crippen molar-refractivity contribution in [3.05, 3.63) is 88.5 Å². The molecule has 3 heterocycles. The molecular weight excluding hydrogens is 456 g/mol. The molecule has 2 aromatic carbocycles. The van der Waals surface area contributed by atoms with Crippen LogP contribution in [0.25, 0.3) is 28.5 Å². The Morgan fingerprint density at radius 3 is 2.58 bits per heavy atom. The van der Waals surface area contributed by atoms with Gasteiger partial charge >= 0.3 is 5.69 Å². The van der Waals surface area contributed by atoms with Gasteiger partial charge in [0.1, 0.15) is 6.54 Å². The van der Waals surface area contributed by atoms with E-state index in [2.05, 4.69) is 27.5 Å². The van der Waals surface area contributed by atoms with Gasteiger partial charge < -0.3 is 9.84 Å². The fraction of sp³-hybridized carbons (Fsp3) is 0.222. The van der Waals surface area contributed by atoms with E-state index in [-0.39, 0.29) is 18.3 Å². The van der Waals surface area contributed by atoms with Crippen LogP contribution in [-0.2, 0) is 17.8 Å². The maximum absolute atomic E-state index is 12.9. The van der Waals surface area contributed by atoms with Crippen molar-refractivity contribution in [2.45, 2.75) is 39.7 Å². The first-order valence-electron chi connectivity index (χ1n) is 11.9. The summed E-state index contributed by atoms with van der Waals surface area (Å²) in [5.74, 6) is 0.331. The molecule has 3 aromatic heterocycles. The Morgan fingerprint density at radius 1 is 1.06 bits per heavy atom. The molecule has 0 aliphatic rings. The highest BCUT2D eigenvalue weighted by atomic mass is 16.5. The summed E-state index contributed by atoms with van der Waals surface area (Å²) in [4.78, 5) is 30.1. The van der Waals surface area contributed by atoms with Crippen LogP contribution in [0.2, 0.25) is 0 Å². The zero-order valence-electron chi connectivity index (χ0n) is 20.1. The molecule has 0 aliphatic heterocycles. The second-order valence-corrected chi connectivity index (χ2v) is 8.69. The number of aryl methyl sites for hydroxylation is 2. The Kier molecular flexibility index (Phi) is 6.44. The summed E-state index contributed by atoms with van der Waals surface area (Å²) in [5, 5.41) is 11.3. The predicted octanol–water partition coefficient (Wildman–Crippen LogP) is 4.50. The average Bonchev–Trinajstić information content (AvgIpc) is 3.49. The normalized spacial score (nSPS) is 11.2. The van der Waals surface area contributed by atoms with Crippen LogP contribution in [0.4, 0.5) is 5.69 Å². The van der Waals surface area contributed by atoms with Crippen LogP contribution in [0, 0.1) is 6.92 Å². The van der Waals surface area contributed by atoms with Crippen LogP contribution in [-0.4, -0.2) is 30.2 Å². The van der Waals surface area contributed by atoms with Gasteiger partial charge in [0.05, 0.1) is 5.56 Å². The first-order chi connectivity index (χ1) is 17.5. The Balaban J connectivity index is 1.36. The minimum Gasteiger partial charge on any atom is -0.333 e. The van der Waals surface area contributed by atoms with E-state index in [9.17, 15) is 9.59 Å². The molecule has 0 saturated carbocycles. The molecule has 9 nitrogen and oxygen atoms in total. The molecule has 9 heteroatoms. The van der Waals surface area contributed by atoms with E-state index in [0.717, 1.165) is 35.1 Å². The number of fused-ring (bicyclic) bond motifs is 1. The van der Waals surface area contributed by atoms with E-state index in [1.54, 1.807) is 18.3 Å². The molecule has 0 bridgehead atoms. The molecule has 182 valence electrons. The molecule has 0 saturated heterocycles. The monoisotopic (exact) mass is 482 g/mol. The predicted molar refractivity (Wildman–Crippen MR) is 137 cm³/mol. The molecule has 36 heavy (non-hydrogen) atoms. The molecule has 1 amide bonds. The van der Waals surface area contributed by atoms with E-state index >= 15 is 0 Å². The lowest BCUT2D eigenvalue weighted by Gasteiger charge is -2.06. The third-order valence-electron chi connectivity index (χ3n) is 5.93. The largest absolute Gasteiger partial charge is 0.350 e. The Labute approximate surface area is 207 Å². The molecule has 0 radical (unpaired) electrons. The van der Waals surface area contributed by atoms with Gasteiger partial charge in [-0.2, -0.15) is 4.98 Å². The number of nitrogens with one attached hydrogen (secondary N) is 1. The number of benzene rings is 2. The number of pyridine rings is 1. The van der Waals surface area contributed by atoms with E-state index in [4.69, 9.17) is 4.52 Å². The second kappa shape index (κ2) is 9.99. The van der Waals surface area contributed by atoms with Gasteiger partial charge in [0, 0.05) is 17.4 Å². The number of unbranched alkanes of at least 4 members (excludes halogenated alkanes) is 1. The van der Waals surface area contributed by atoms with Crippen LogP contribution in [0.15, 0.2) is 76.2 Å². The summed E-state index contributed by atoms with van der Waals surface area (Å²) in [6, 6.07) is 19.0. The molecular formula is C27H26N6O3. The number of hydrogen-bond acceptors (Lipinski definition) is 6. The summed E-state index contributed by atoms with van der Waals surface area (Å²) in [5.41, 5.74) is 4.25. The minimum atomic E-state index is -0.435.